The number of nitrogens with one attached hydrogen (secondary N) is 2. The van der Waals surface area contributed by atoms with E-state index in [1.807, 2.05) is 24.4 Å². The summed E-state index contributed by atoms with van der Waals surface area (Å²) in [6.45, 7) is 3.80. The van der Waals surface area contributed by atoms with Crippen LogP contribution in [-0.4, -0.2) is 50.9 Å². The standard InChI is InChI=1S/C15H24N4O2/c1-21-11-8-17-15(20)18-12-13-5-9-19(10-6-13)14-4-2-3-7-16-14/h2-4,7,13H,5-6,8-12H2,1H3,(H2,17,18,20). The van der Waals surface area contributed by atoms with Crippen LogP contribution in [0.15, 0.2) is 24.4 Å². The third kappa shape index (κ3) is 5.23. The van der Waals surface area contributed by atoms with Crippen LogP contribution < -0.4 is 15.5 Å². The molecule has 0 aromatic carbocycles. The first-order valence-electron chi connectivity index (χ1n) is 7.46. The van der Waals surface area contributed by atoms with Crippen LogP contribution >= 0.6 is 0 Å². The largest absolute Gasteiger partial charge is 0.383 e. The van der Waals surface area contributed by atoms with E-state index in [0.717, 1.165) is 38.3 Å². The molecule has 1 saturated heterocycles. The zero-order chi connectivity index (χ0) is 14.9. The van der Waals surface area contributed by atoms with Crippen molar-refractivity contribution in [3.8, 4) is 0 Å². The van der Waals surface area contributed by atoms with Crippen LogP contribution in [0.25, 0.3) is 0 Å². The first-order chi connectivity index (χ1) is 10.3. The average Bonchev–Trinajstić information content (AvgIpc) is 2.54. The van der Waals surface area contributed by atoms with E-state index in [0.29, 0.717) is 19.1 Å². The molecule has 0 aliphatic carbocycles. The highest BCUT2D eigenvalue weighted by molar-refractivity contribution is 5.73. The summed E-state index contributed by atoms with van der Waals surface area (Å²) in [5.41, 5.74) is 0. The predicted molar refractivity (Wildman–Crippen MR) is 82.5 cm³/mol. The van der Waals surface area contributed by atoms with Crippen LogP contribution in [0.4, 0.5) is 10.6 Å². The third-order valence-corrected chi connectivity index (χ3v) is 3.73. The molecule has 6 heteroatoms. The van der Waals surface area contributed by atoms with Crippen molar-refractivity contribution in [1.82, 2.24) is 15.6 Å². The van der Waals surface area contributed by atoms with E-state index in [4.69, 9.17) is 4.74 Å². The summed E-state index contributed by atoms with van der Waals surface area (Å²) in [5, 5.41) is 5.69. The molecule has 6 nitrogen and oxygen atoms in total. The summed E-state index contributed by atoms with van der Waals surface area (Å²) in [6.07, 6.45) is 3.98. The van der Waals surface area contributed by atoms with Gasteiger partial charge in [-0.1, -0.05) is 6.07 Å². The van der Waals surface area contributed by atoms with Gasteiger partial charge in [0, 0.05) is 39.5 Å². The fourth-order valence-electron chi connectivity index (χ4n) is 2.47. The van der Waals surface area contributed by atoms with Crippen molar-refractivity contribution in [3.05, 3.63) is 24.4 Å². The van der Waals surface area contributed by atoms with Crippen LogP contribution in [0.2, 0.25) is 0 Å². The van der Waals surface area contributed by atoms with Gasteiger partial charge in [-0.2, -0.15) is 0 Å². The highest BCUT2D eigenvalue weighted by Crippen LogP contribution is 2.20. The van der Waals surface area contributed by atoms with Crippen molar-refractivity contribution >= 4 is 11.8 Å². The summed E-state index contributed by atoms with van der Waals surface area (Å²) in [5.74, 6) is 1.58. The summed E-state index contributed by atoms with van der Waals surface area (Å²) in [6, 6.07) is 5.88. The highest BCUT2D eigenvalue weighted by atomic mass is 16.5. The van der Waals surface area contributed by atoms with Crippen molar-refractivity contribution < 1.29 is 9.53 Å². The zero-order valence-electron chi connectivity index (χ0n) is 12.5. The van der Waals surface area contributed by atoms with Crippen LogP contribution in [-0.2, 0) is 4.74 Å². The monoisotopic (exact) mass is 292 g/mol. The Kier molecular flexibility index (Phi) is 6.27. The molecule has 2 amide bonds. The van der Waals surface area contributed by atoms with Gasteiger partial charge in [-0.05, 0) is 30.9 Å². The van der Waals surface area contributed by atoms with E-state index < -0.39 is 0 Å². The molecule has 1 aliphatic rings. The second kappa shape index (κ2) is 8.46. The van der Waals surface area contributed by atoms with Gasteiger partial charge in [0.15, 0.2) is 0 Å². The first kappa shape index (κ1) is 15.6. The van der Waals surface area contributed by atoms with E-state index in [1.54, 1.807) is 7.11 Å². The Labute approximate surface area is 125 Å². The topological polar surface area (TPSA) is 66.5 Å². The number of anilines is 1. The molecule has 0 radical (unpaired) electrons. The van der Waals surface area contributed by atoms with E-state index >= 15 is 0 Å². The molecule has 2 rings (SSSR count). The predicted octanol–water partition coefficient (Wildman–Crippen LogP) is 1.24. The smallest absolute Gasteiger partial charge is 0.314 e. The molecule has 1 aromatic rings. The quantitative estimate of drug-likeness (QED) is 0.774. The van der Waals surface area contributed by atoms with Crippen molar-refractivity contribution in [3.63, 3.8) is 0 Å². The van der Waals surface area contributed by atoms with E-state index in [9.17, 15) is 4.79 Å². The first-order valence-corrected chi connectivity index (χ1v) is 7.46. The minimum atomic E-state index is -0.112. The number of pyridine rings is 1. The van der Waals surface area contributed by atoms with Crippen molar-refractivity contribution in [2.45, 2.75) is 12.8 Å². The number of methoxy groups -OCH3 is 1. The number of piperidine rings is 1. The minimum Gasteiger partial charge on any atom is -0.383 e. The van der Waals surface area contributed by atoms with Gasteiger partial charge in [0.25, 0.3) is 0 Å². The summed E-state index contributed by atoms with van der Waals surface area (Å²) >= 11 is 0. The molecule has 1 aliphatic heterocycles. The molecule has 0 spiro atoms. The van der Waals surface area contributed by atoms with Gasteiger partial charge in [-0.3, -0.25) is 0 Å². The number of aromatic nitrogens is 1. The average molecular weight is 292 g/mol. The molecule has 0 unspecified atom stereocenters. The number of hydrogen-bond acceptors (Lipinski definition) is 4. The highest BCUT2D eigenvalue weighted by Gasteiger charge is 2.20. The fraction of sp³-hybridized carbons (Fsp3) is 0.600. The lowest BCUT2D eigenvalue weighted by atomic mass is 9.97. The fourth-order valence-corrected chi connectivity index (χ4v) is 2.47. The Morgan fingerprint density at radius 2 is 2.19 bits per heavy atom. The maximum Gasteiger partial charge on any atom is 0.314 e. The van der Waals surface area contributed by atoms with Crippen molar-refractivity contribution in [2.24, 2.45) is 5.92 Å². The second-order valence-corrected chi connectivity index (χ2v) is 5.25. The zero-order valence-corrected chi connectivity index (χ0v) is 12.5. The van der Waals surface area contributed by atoms with Crippen LogP contribution in [0.3, 0.4) is 0 Å². The molecule has 2 N–H and O–H groups in total. The van der Waals surface area contributed by atoms with E-state index in [1.165, 1.54) is 0 Å². The third-order valence-electron chi connectivity index (χ3n) is 3.73. The molecule has 2 heterocycles. The van der Waals surface area contributed by atoms with Gasteiger partial charge in [0.05, 0.1) is 6.61 Å². The van der Waals surface area contributed by atoms with Crippen LogP contribution in [0, 0.1) is 5.92 Å². The van der Waals surface area contributed by atoms with Crippen LogP contribution in [0.1, 0.15) is 12.8 Å². The maximum absolute atomic E-state index is 11.5. The van der Waals surface area contributed by atoms with Crippen molar-refractivity contribution in [1.29, 1.82) is 0 Å². The Balaban J connectivity index is 1.64. The molecule has 1 fully saturated rings. The molecule has 116 valence electrons. The number of hydrogen-bond donors (Lipinski definition) is 2. The Morgan fingerprint density at radius 1 is 1.38 bits per heavy atom. The number of nitrogens with zero attached hydrogens (tertiary/aromatic N) is 2. The number of amides is 2. The second-order valence-electron chi connectivity index (χ2n) is 5.25. The number of carbonyl (C=O) groups excluding carboxylic acids is 1. The van der Waals surface area contributed by atoms with Crippen LogP contribution in [0.5, 0.6) is 0 Å². The minimum absolute atomic E-state index is 0.112. The maximum atomic E-state index is 11.5. The van der Waals surface area contributed by atoms with Gasteiger partial charge < -0.3 is 20.3 Å². The summed E-state index contributed by atoms with van der Waals surface area (Å²) < 4.78 is 4.89. The SMILES string of the molecule is COCCNC(=O)NCC1CCN(c2ccccn2)CC1. The van der Waals surface area contributed by atoms with E-state index in [-0.39, 0.29) is 6.03 Å². The van der Waals surface area contributed by atoms with Gasteiger partial charge in [0.2, 0.25) is 0 Å². The van der Waals surface area contributed by atoms with Crippen molar-refractivity contribution in [2.75, 3.05) is 44.8 Å². The normalized spacial score (nSPS) is 15.8. The molecule has 0 saturated carbocycles. The molecule has 0 atom stereocenters. The Hall–Kier alpha value is -1.82. The van der Waals surface area contributed by atoms with Gasteiger partial charge >= 0.3 is 6.03 Å². The lowest BCUT2D eigenvalue weighted by molar-refractivity contribution is 0.195. The lowest BCUT2D eigenvalue weighted by Crippen LogP contribution is -2.42. The van der Waals surface area contributed by atoms with Gasteiger partial charge in [-0.25, -0.2) is 9.78 Å². The van der Waals surface area contributed by atoms with Gasteiger partial charge in [0.1, 0.15) is 5.82 Å². The summed E-state index contributed by atoms with van der Waals surface area (Å²) in [4.78, 5) is 18.2. The molecular weight excluding hydrogens is 268 g/mol. The number of carbonyl (C=O) groups is 1. The number of urea groups is 1. The lowest BCUT2D eigenvalue weighted by Gasteiger charge is -2.32. The van der Waals surface area contributed by atoms with Gasteiger partial charge in [-0.15, -0.1) is 0 Å². The molecular formula is C15H24N4O2. The molecule has 0 bridgehead atoms. The number of rotatable bonds is 6. The van der Waals surface area contributed by atoms with E-state index in [2.05, 4.69) is 20.5 Å². The Bertz CT molecular complexity index is 419. The summed E-state index contributed by atoms with van der Waals surface area (Å²) in [7, 11) is 1.62. The number of ether oxygens (including phenoxy) is 1. The molecule has 1 aromatic heterocycles. The molecule has 21 heavy (non-hydrogen) atoms. The Morgan fingerprint density at radius 3 is 2.86 bits per heavy atom.